The van der Waals surface area contributed by atoms with E-state index in [1.54, 1.807) is 45.0 Å². The Morgan fingerprint density at radius 3 is 2.57 bits per heavy atom. The monoisotopic (exact) mass is 592 g/mol. The zero-order valence-electron chi connectivity index (χ0n) is 23.9. The number of hydrogen-bond donors (Lipinski definition) is 0. The van der Waals surface area contributed by atoms with E-state index < -0.39 is 16.9 Å². The van der Waals surface area contributed by atoms with Crippen LogP contribution in [-0.4, -0.2) is 54.5 Å². The Hall–Kier alpha value is -4.29. The molecule has 1 atom stereocenters. The van der Waals surface area contributed by atoms with E-state index in [0.29, 0.717) is 64.8 Å². The quantitative estimate of drug-likeness (QED) is 0.222. The van der Waals surface area contributed by atoms with Crippen LogP contribution in [0.5, 0.6) is 5.75 Å². The number of aromatic nitrogens is 1. The van der Waals surface area contributed by atoms with Crippen LogP contribution >= 0.6 is 11.3 Å². The molecule has 0 aliphatic carbocycles. The predicted octanol–water partition coefficient (Wildman–Crippen LogP) is 3.33. The van der Waals surface area contributed by atoms with E-state index in [-0.39, 0.29) is 22.9 Å². The summed E-state index contributed by atoms with van der Waals surface area (Å²) in [5, 5.41) is 11.6. The number of ether oxygens (including phenoxy) is 3. The van der Waals surface area contributed by atoms with Gasteiger partial charge in [0.15, 0.2) is 4.80 Å². The van der Waals surface area contributed by atoms with E-state index in [1.165, 1.54) is 28.0 Å². The second-order valence-corrected chi connectivity index (χ2v) is 11.1. The van der Waals surface area contributed by atoms with Gasteiger partial charge in [0.2, 0.25) is 0 Å². The van der Waals surface area contributed by atoms with Crippen molar-refractivity contribution in [2.24, 2.45) is 4.99 Å². The molecule has 3 aromatic rings. The molecule has 12 heteroatoms. The first-order valence-electron chi connectivity index (χ1n) is 13.7. The molecule has 3 heterocycles. The third kappa shape index (κ3) is 5.86. The lowest BCUT2D eigenvalue weighted by Gasteiger charge is -2.30. The second-order valence-electron chi connectivity index (χ2n) is 10.1. The van der Waals surface area contributed by atoms with Gasteiger partial charge in [0.1, 0.15) is 5.75 Å². The highest BCUT2D eigenvalue weighted by atomic mass is 32.1. The van der Waals surface area contributed by atoms with Gasteiger partial charge in [-0.15, -0.1) is 0 Å². The Bertz CT molecular complexity index is 1720. The van der Waals surface area contributed by atoms with Crippen LogP contribution in [0.15, 0.2) is 63.5 Å². The van der Waals surface area contributed by atoms with Crippen molar-refractivity contribution in [2.75, 3.05) is 37.8 Å². The highest BCUT2D eigenvalue weighted by Gasteiger charge is 2.34. The smallest absolute Gasteiger partial charge is 0.338 e. The zero-order valence-corrected chi connectivity index (χ0v) is 24.7. The van der Waals surface area contributed by atoms with Crippen molar-refractivity contribution >= 4 is 34.8 Å². The van der Waals surface area contributed by atoms with Gasteiger partial charge in [-0.2, -0.15) is 0 Å². The number of benzene rings is 2. The minimum atomic E-state index is -0.783. The molecule has 0 bridgehead atoms. The average molecular weight is 593 g/mol. The van der Waals surface area contributed by atoms with Crippen molar-refractivity contribution in [3.63, 3.8) is 0 Å². The third-order valence-electron chi connectivity index (χ3n) is 6.95. The lowest BCUT2D eigenvalue weighted by molar-refractivity contribution is -0.384. The molecule has 0 N–H and O–H groups in total. The maximum atomic E-state index is 14.1. The van der Waals surface area contributed by atoms with Gasteiger partial charge >= 0.3 is 5.97 Å². The number of thiazole rings is 1. The number of non-ortho nitro benzene ring substituents is 1. The van der Waals surface area contributed by atoms with Gasteiger partial charge in [-0.3, -0.25) is 19.5 Å². The van der Waals surface area contributed by atoms with Crippen LogP contribution in [-0.2, 0) is 14.3 Å². The van der Waals surface area contributed by atoms with Crippen LogP contribution in [0.1, 0.15) is 44.9 Å². The van der Waals surface area contributed by atoms with Crippen LogP contribution in [0.3, 0.4) is 0 Å². The molecule has 2 aliphatic heterocycles. The Balaban J connectivity index is 1.69. The molecule has 0 saturated carbocycles. The van der Waals surface area contributed by atoms with E-state index in [0.717, 1.165) is 5.69 Å². The van der Waals surface area contributed by atoms with Crippen LogP contribution in [0, 0.1) is 10.1 Å². The molecular formula is C30H32N4O7S. The van der Waals surface area contributed by atoms with Crippen LogP contribution in [0.25, 0.3) is 6.08 Å². The molecule has 220 valence electrons. The summed E-state index contributed by atoms with van der Waals surface area (Å²) in [4.78, 5) is 45.7. The average Bonchev–Trinajstić information content (AvgIpc) is 3.26. The first-order chi connectivity index (χ1) is 20.2. The lowest BCUT2D eigenvalue weighted by atomic mass is 9.96. The largest absolute Gasteiger partial charge is 0.494 e. The summed E-state index contributed by atoms with van der Waals surface area (Å²) in [7, 11) is 0. The summed E-state index contributed by atoms with van der Waals surface area (Å²) >= 11 is 1.17. The summed E-state index contributed by atoms with van der Waals surface area (Å²) in [5.74, 6) is 0.120. The van der Waals surface area contributed by atoms with Crippen molar-refractivity contribution in [3.8, 4) is 5.75 Å². The molecule has 0 radical (unpaired) electrons. The maximum absolute atomic E-state index is 14.1. The summed E-state index contributed by atoms with van der Waals surface area (Å²) in [6.45, 7) is 9.97. The van der Waals surface area contributed by atoms with Crippen LogP contribution in [0.2, 0.25) is 0 Å². The van der Waals surface area contributed by atoms with Crippen LogP contribution in [0.4, 0.5) is 11.4 Å². The number of esters is 1. The molecule has 2 aliphatic rings. The van der Waals surface area contributed by atoms with Crippen molar-refractivity contribution < 1.29 is 23.9 Å². The fourth-order valence-corrected chi connectivity index (χ4v) is 6.13. The standard InChI is InChI=1S/C30H32N4O7S/c1-5-40-23-9-6-20(7-10-23)27-26(29(36)41-18(2)3)19(4)31-30-33(27)28(35)25(42-30)17-21-16-22(34(37)38)8-11-24(21)32-12-14-39-15-13-32/h6-11,16-18,27H,5,12-15H2,1-4H3/b25-17+/t27-/m1/s1. The van der Waals surface area contributed by atoms with Crippen molar-refractivity contribution in [2.45, 2.75) is 39.8 Å². The van der Waals surface area contributed by atoms with Gasteiger partial charge in [0.25, 0.3) is 11.2 Å². The van der Waals surface area contributed by atoms with Gasteiger partial charge in [0, 0.05) is 36.5 Å². The van der Waals surface area contributed by atoms with E-state index >= 15 is 0 Å². The number of morpholine rings is 1. The molecule has 1 saturated heterocycles. The normalized spacial score (nSPS) is 17.2. The molecule has 11 nitrogen and oxygen atoms in total. The van der Waals surface area contributed by atoms with Gasteiger partial charge in [0.05, 0.1) is 52.7 Å². The van der Waals surface area contributed by atoms with Gasteiger partial charge < -0.3 is 19.1 Å². The summed E-state index contributed by atoms with van der Waals surface area (Å²) in [6, 6.07) is 11.1. The van der Waals surface area contributed by atoms with Gasteiger partial charge in [-0.25, -0.2) is 9.79 Å². The Morgan fingerprint density at radius 2 is 1.93 bits per heavy atom. The molecule has 0 unspecified atom stereocenters. The molecule has 0 spiro atoms. The first kappa shape index (κ1) is 29.2. The predicted molar refractivity (Wildman–Crippen MR) is 159 cm³/mol. The fraction of sp³-hybridized carbons (Fsp3) is 0.367. The molecule has 5 rings (SSSR count). The molecular weight excluding hydrogens is 560 g/mol. The first-order valence-corrected chi connectivity index (χ1v) is 14.6. The zero-order chi connectivity index (χ0) is 30.0. The fourth-order valence-electron chi connectivity index (χ4n) is 5.09. The van der Waals surface area contributed by atoms with Crippen molar-refractivity contribution in [3.05, 3.63) is 94.7 Å². The minimum Gasteiger partial charge on any atom is -0.494 e. The van der Waals surface area contributed by atoms with Gasteiger partial charge in [-0.1, -0.05) is 23.5 Å². The topological polar surface area (TPSA) is 126 Å². The summed E-state index contributed by atoms with van der Waals surface area (Å²) in [5.41, 5.74) is 2.31. The SMILES string of the molecule is CCOc1ccc([C@@H]2C(C(=O)OC(C)C)=C(C)N=c3s/c(=C/c4cc([N+](=O)[O-])ccc4N4CCOCC4)c(=O)n32)cc1. The van der Waals surface area contributed by atoms with Crippen molar-refractivity contribution in [1.82, 2.24) is 4.57 Å². The number of rotatable bonds is 8. The number of carbonyl (C=O) groups excluding carboxylic acids is 1. The van der Waals surface area contributed by atoms with Gasteiger partial charge in [-0.05, 0) is 57.5 Å². The summed E-state index contributed by atoms with van der Waals surface area (Å²) in [6.07, 6.45) is 1.30. The molecule has 0 amide bonds. The van der Waals surface area contributed by atoms with E-state index in [9.17, 15) is 19.7 Å². The lowest BCUT2D eigenvalue weighted by Crippen LogP contribution is -2.40. The highest BCUT2D eigenvalue weighted by molar-refractivity contribution is 7.07. The highest BCUT2D eigenvalue weighted by Crippen LogP contribution is 2.32. The number of nitro benzene ring substituents is 1. The van der Waals surface area contributed by atoms with E-state index in [4.69, 9.17) is 14.2 Å². The minimum absolute atomic E-state index is 0.0761. The third-order valence-corrected chi connectivity index (χ3v) is 7.93. The van der Waals surface area contributed by atoms with Crippen LogP contribution < -0.4 is 24.5 Å². The number of fused-ring (bicyclic) bond motifs is 1. The number of anilines is 1. The number of nitrogens with zero attached hydrogens (tertiary/aromatic N) is 4. The molecule has 2 aromatic carbocycles. The Morgan fingerprint density at radius 1 is 1.21 bits per heavy atom. The van der Waals surface area contributed by atoms with E-state index in [1.807, 2.05) is 19.1 Å². The number of nitro groups is 1. The number of allylic oxidation sites excluding steroid dienone is 1. The Labute approximate surface area is 246 Å². The van der Waals surface area contributed by atoms with E-state index in [2.05, 4.69) is 9.89 Å². The molecule has 1 fully saturated rings. The number of hydrogen-bond acceptors (Lipinski definition) is 10. The number of carbonyl (C=O) groups is 1. The summed E-state index contributed by atoms with van der Waals surface area (Å²) < 4.78 is 18.5. The Kier molecular flexibility index (Phi) is 8.55. The maximum Gasteiger partial charge on any atom is 0.338 e. The molecule has 42 heavy (non-hydrogen) atoms. The van der Waals surface area contributed by atoms with Crippen molar-refractivity contribution in [1.29, 1.82) is 0 Å². The second kappa shape index (κ2) is 12.3. The molecule has 1 aromatic heterocycles.